The maximum Gasteiger partial charge on any atom is 0.222 e. The van der Waals surface area contributed by atoms with Crippen molar-refractivity contribution in [3.63, 3.8) is 0 Å². The smallest absolute Gasteiger partial charge is 0.222 e. The van der Waals surface area contributed by atoms with Crippen molar-refractivity contribution in [2.24, 2.45) is 5.92 Å². The van der Waals surface area contributed by atoms with Crippen molar-refractivity contribution >= 4 is 5.91 Å². The molecule has 0 N–H and O–H groups in total. The van der Waals surface area contributed by atoms with Crippen molar-refractivity contribution in [2.75, 3.05) is 13.1 Å². The second-order valence-electron chi connectivity index (χ2n) is 7.74. The van der Waals surface area contributed by atoms with Gasteiger partial charge in [0.25, 0.3) is 0 Å². The molecule has 0 heterocycles. The Morgan fingerprint density at radius 3 is 1.42 bits per heavy atom. The zero-order valence-corrected chi connectivity index (χ0v) is 17.2. The van der Waals surface area contributed by atoms with Gasteiger partial charge < -0.3 is 4.90 Å². The highest BCUT2D eigenvalue weighted by Gasteiger charge is 2.08. The molecule has 0 aromatic heterocycles. The summed E-state index contributed by atoms with van der Waals surface area (Å²) in [5.41, 5.74) is 0. The van der Waals surface area contributed by atoms with Gasteiger partial charge in [0.2, 0.25) is 5.91 Å². The second-order valence-corrected chi connectivity index (χ2v) is 7.74. The Morgan fingerprint density at radius 2 is 1.04 bits per heavy atom. The lowest BCUT2D eigenvalue weighted by molar-refractivity contribution is -0.130. The van der Waals surface area contributed by atoms with E-state index in [4.69, 9.17) is 0 Å². The molecule has 0 aromatic rings. The van der Waals surface area contributed by atoms with Crippen LogP contribution in [-0.2, 0) is 4.79 Å². The Labute approximate surface area is 152 Å². The van der Waals surface area contributed by atoms with E-state index >= 15 is 0 Å². The van der Waals surface area contributed by atoms with Gasteiger partial charge in [-0.15, -0.1) is 0 Å². The molecule has 0 unspecified atom stereocenters. The molecule has 144 valence electrons. The van der Waals surface area contributed by atoms with Crippen LogP contribution in [0.5, 0.6) is 0 Å². The van der Waals surface area contributed by atoms with Gasteiger partial charge in [0.15, 0.2) is 0 Å². The van der Waals surface area contributed by atoms with Crippen LogP contribution in [0.15, 0.2) is 0 Å². The van der Waals surface area contributed by atoms with Gasteiger partial charge in [-0.1, -0.05) is 90.9 Å². The lowest BCUT2D eigenvalue weighted by Gasteiger charge is -2.18. The van der Waals surface area contributed by atoms with Crippen LogP contribution < -0.4 is 0 Å². The monoisotopic (exact) mass is 339 g/mol. The second kappa shape index (κ2) is 17.3. The number of carbonyl (C=O) groups is 1. The fraction of sp³-hybridized carbons (Fsp3) is 0.955. The van der Waals surface area contributed by atoms with Crippen LogP contribution in [0.1, 0.15) is 118 Å². The van der Waals surface area contributed by atoms with Gasteiger partial charge >= 0.3 is 0 Å². The van der Waals surface area contributed by atoms with Crippen LogP contribution in [0, 0.1) is 5.92 Å². The number of hydrogen-bond donors (Lipinski definition) is 0. The molecule has 0 fully saturated rings. The molecular formula is C22H45NO. The molecule has 0 aliphatic carbocycles. The summed E-state index contributed by atoms with van der Waals surface area (Å²) in [5.74, 6) is 1.22. The Morgan fingerprint density at radius 1 is 0.667 bits per heavy atom. The molecule has 0 radical (unpaired) electrons. The summed E-state index contributed by atoms with van der Waals surface area (Å²) in [7, 11) is 0. The summed E-state index contributed by atoms with van der Waals surface area (Å²) in [6, 6.07) is 0. The third-order valence-corrected chi connectivity index (χ3v) is 5.04. The van der Waals surface area contributed by atoms with E-state index in [0.29, 0.717) is 5.91 Å². The molecule has 24 heavy (non-hydrogen) atoms. The number of carbonyl (C=O) groups excluding carboxylic acids is 1. The lowest BCUT2D eigenvalue weighted by atomic mass is 10.0. The minimum absolute atomic E-state index is 0.341. The number of unbranched alkanes of at least 4 members (excludes halogenated alkanes) is 11. The topological polar surface area (TPSA) is 20.3 Å². The predicted molar refractivity (Wildman–Crippen MR) is 107 cm³/mol. The highest BCUT2D eigenvalue weighted by molar-refractivity contribution is 5.75. The van der Waals surface area contributed by atoms with Crippen LogP contribution in [0.25, 0.3) is 0 Å². The summed E-state index contributed by atoms with van der Waals surface area (Å²) in [4.78, 5) is 13.8. The van der Waals surface area contributed by atoms with Crippen LogP contribution in [-0.4, -0.2) is 23.9 Å². The van der Waals surface area contributed by atoms with Crippen LogP contribution in [0.4, 0.5) is 0 Å². The largest absolute Gasteiger partial charge is 0.343 e. The molecule has 0 aromatic carbocycles. The third kappa shape index (κ3) is 15.0. The highest BCUT2D eigenvalue weighted by Crippen LogP contribution is 2.14. The summed E-state index contributed by atoms with van der Waals surface area (Å²) < 4.78 is 0. The van der Waals surface area contributed by atoms with Crippen molar-refractivity contribution in [3.8, 4) is 0 Å². The van der Waals surface area contributed by atoms with Gasteiger partial charge in [0, 0.05) is 19.5 Å². The molecule has 1 amide bonds. The van der Waals surface area contributed by atoms with E-state index in [9.17, 15) is 4.79 Å². The van der Waals surface area contributed by atoms with Crippen molar-refractivity contribution in [1.82, 2.24) is 4.90 Å². The van der Waals surface area contributed by atoms with Crippen molar-refractivity contribution in [1.29, 1.82) is 0 Å². The molecule has 0 atom stereocenters. The first-order valence-electron chi connectivity index (χ1n) is 10.9. The van der Waals surface area contributed by atoms with Crippen molar-refractivity contribution in [2.45, 2.75) is 118 Å². The molecule has 0 aliphatic heterocycles. The molecule has 2 heteroatoms. The first-order valence-corrected chi connectivity index (χ1v) is 10.9. The van der Waals surface area contributed by atoms with E-state index in [0.717, 1.165) is 31.8 Å². The van der Waals surface area contributed by atoms with Gasteiger partial charge in [-0.25, -0.2) is 0 Å². The van der Waals surface area contributed by atoms with E-state index in [-0.39, 0.29) is 0 Å². The summed E-state index contributed by atoms with van der Waals surface area (Å²) in [6.07, 6.45) is 18.5. The molecule has 0 spiro atoms. The number of hydrogen-bond acceptors (Lipinski definition) is 1. The SMILES string of the molecule is CCN(CC)C(=O)CCCCCCCCCCCCCCC(C)C. The minimum atomic E-state index is 0.341. The summed E-state index contributed by atoms with van der Waals surface area (Å²) >= 11 is 0. The average molecular weight is 340 g/mol. The van der Waals surface area contributed by atoms with Crippen molar-refractivity contribution < 1.29 is 4.79 Å². The normalized spacial score (nSPS) is 11.2. The van der Waals surface area contributed by atoms with Gasteiger partial charge in [-0.2, -0.15) is 0 Å². The van der Waals surface area contributed by atoms with Crippen LogP contribution in [0.2, 0.25) is 0 Å². The van der Waals surface area contributed by atoms with Gasteiger partial charge in [-0.3, -0.25) is 4.79 Å². The van der Waals surface area contributed by atoms with Gasteiger partial charge in [-0.05, 0) is 26.2 Å². The molecule has 0 bridgehead atoms. The van der Waals surface area contributed by atoms with E-state index < -0.39 is 0 Å². The summed E-state index contributed by atoms with van der Waals surface area (Å²) in [5, 5.41) is 0. The zero-order valence-electron chi connectivity index (χ0n) is 17.2. The van der Waals surface area contributed by atoms with Gasteiger partial charge in [0.05, 0.1) is 0 Å². The van der Waals surface area contributed by atoms with E-state index in [1.54, 1.807) is 0 Å². The van der Waals surface area contributed by atoms with E-state index in [1.807, 2.05) is 4.90 Å². The fourth-order valence-corrected chi connectivity index (χ4v) is 3.33. The standard InChI is InChI=1S/C22H45NO/c1-5-23(6-2)22(24)20-18-16-14-12-10-8-7-9-11-13-15-17-19-21(3)4/h21H,5-20H2,1-4H3. The Hall–Kier alpha value is -0.530. The molecule has 2 nitrogen and oxygen atoms in total. The molecule has 0 saturated heterocycles. The number of nitrogens with zero attached hydrogens (tertiary/aromatic N) is 1. The Bertz CT molecular complexity index is 271. The maximum absolute atomic E-state index is 11.9. The van der Waals surface area contributed by atoms with Crippen molar-refractivity contribution in [3.05, 3.63) is 0 Å². The first-order chi connectivity index (χ1) is 11.6. The zero-order chi connectivity index (χ0) is 18.0. The maximum atomic E-state index is 11.9. The van der Waals surface area contributed by atoms with Crippen LogP contribution in [0.3, 0.4) is 0 Å². The van der Waals surface area contributed by atoms with Crippen LogP contribution >= 0.6 is 0 Å². The fourth-order valence-electron chi connectivity index (χ4n) is 3.33. The molecule has 0 saturated carbocycles. The van der Waals surface area contributed by atoms with E-state index in [1.165, 1.54) is 77.0 Å². The lowest BCUT2D eigenvalue weighted by Crippen LogP contribution is -2.30. The summed E-state index contributed by atoms with van der Waals surface area (Å²) in [6.45, 7) is 10.5. The minimum Gasteiger partial charge on any atom is -0.343 e. The average Bonchev–Trinajstić information content (AvgIpc) is 2.56. The quantitative estimate of drug-likeness (QED) is 0.262. The third-order valence-electron chi connectivity index (χ3n) is 5.04. The number of amides is 1. The molecule has 0 aliphatic rings. The predicted octanol–water partition coefficient (Wildman–Crippen LogP) is 6.97. The molecule has 0 rings (SSSR count). The van der Waals surface area contributed by atoms with E-state index in [2.05, 4.69) is 27.7 Å². The highest BCUT2D eigenvalue weighted by atomic mass is 16.2. The Balaban J connectivity index is 3.19. The van der Waals surface area contributed by atoms with Gasteiger partial charge in [0.1, 0.15) is 0 Å². The molecular weight excluding hydrogens is 294 g/mol. The number of rotatable bonds is 17. The first kappa shape index (κ1) is 23.5. The Kier molecular flexibility index (Phi) is 16.9.